The largest absolute Gasteiger partial charge is 0.333 e. The van der Waals surface area contributed by atoms with Crippen molar-refractivity contribution in [3.05, 3.63) is 21.4 Å². The van der Waals surface area contributed by atoms with Crippen LogP contribution in [0.25, 0.3) is 0 Å². The summed E-state index contributed by atoms with van der Waals surface area (Å²) in [6, 6.07) is 2.16. The molecule has 0 atom stereocenters. The SMILES string of the molecule is CCN(CC)C(=O)NCc1cc(C)c(C)s1. The highest BCUT2D eigenvalue weighted by atomic mass is 32.1. The molecule has 3 nitrogen and oxygen atoms in total. The highest BCUT2D eigenvalue weighted by Gasteiger charge is 2.09. The summed E-state index contributed by atoms with van der Waals surface area (Å²) in [6.45, 7) is 10.3. The summed E-state index contributed by atoms with van der Waals surface area (Å²) >= 11 is 1.75. The summed E-state index contributed by atoms with van der Waals surface area (Å²) in [7, 11) is 0. The van der Waals surface area contributed by atoms with Gasteiger partial charge < -0.3 is 10.2 Å². The van der Waals surface area contributed by atoms with E-state index >= 15 is 0 Å². The first-order valence-corrected chi connectivity index (χ1v) is 6.48. The number of hydrogen-bond donors (Lipinski definition) is 1. The normalized spacial score (nSPS) is 10.2. The molecular formula is C12H20N2OS. The third kappa shape index (κ3) is 3.23. The molecule has 0 saturated carbocycles. The summed E-state index contributed by atoms with van der Waals surface area (Å²) in [5, 5.41) is 2.94. The Hall–Kier alpha value is -1.03. The molecule has 1 aromatic heterocycles. The van der Waals surface area contributed by atoms with Crippen LogP contribution in [0.5, 0.6) is 0 Å². The third-order valence-electron chi connectivity index (χ3n) is 2.68. The summed E-state index contributed by atoms with van der Waals surface area (Å²) in [5.74, 6) is 0. The highest BCUT2D eigenvalue weighted by molar-refractivity contribution is 7.12. The second kappa shape index (κ2) is 5.89. The molecule has 0 saturated heterocycles. The van der Waals surface area contributed by atoms with Gasteiger partial charge in [0.2, 0.25) is 0 Å². The molecule has 0 fully saturated rings. The van der Waals surface area contributed by atoms with Gasteiger partial charge in [0.1, 0.15) is 0 Å². The van der Waals surface area contributed by atoms with Crippen molar-refractivity contribution in [3.8, 4) is 0 Å². The first-order chi connectivity index (χ1) is 7.58. The summed E-state index contributed by atoms with van der Waals surface area (Å²) in [5.41, 5.74) is 1.30. The molecule has 4 heteroatoms. The molecule has 16 heavy (non-hydrogen) atoms. The summed E-state index contributed by atoms with van der Waals surface area (Å²) in [4.78, 5) is 16.0. The molecular weight excluding hydrogens is 220 g/mol. The molecule has 0 aliphatic rings. The third-order valence-corrected chi connectivity index (χ3v) is 3.83. The minimum Gasteiger partial charge on any atom is -0.333 e. The maximum absolute atomic E-state index is 11.7. The molecule has 1 N–H and O–H groups in total. The number of rotatable bonds is 4. The number of hydrogen-bond acceptors (Lipinski definition) is 2. The number of carbonyl (C=O) groups is 1. The number of nitrogens with zero attached hydrogens (tertiary/aromatic N) is 1. The summed E-state index contributed by atoms with van der Waals surface area (Å²) < 4.78 is 0. The van der Waals surface area contributed by atoms with Gasteiger partial charge in [-0.05, 0) is 39.3 Å². The maximum atomic E-state index is 11.7. The van der Waals surface area contributed by atoms with E-state index in [1.54, 1.807) is 16.2 Å². The van der Waals surface area contributed by atoms with Crippen LogP contribution in [0.15, 0.2) is 6.07 Å². The molecule has 2 amide bonds. The van der Waals surface area contributed by atoms with Crippen LogP contribution in [0, 0.1) is 13.8 Å². The molecule has 1 rings (SSSR count). The lowest BCUT2D eigenvalue weighted by atomic mass is 10.3. The average molecular weight is 240 g/mol. The van der Waals surface area contributed by atoms with Crippen molar-refractivity contribution in [2.45, 2.75) is 34.2 Å². The van der Waals surface area contributed by atoms with Gasteiger partial charge in [-0.1, -0.05) is 0 Å². The number of thiophene rings is 1. The van der Waals surface area contributed by atoms with E-state index in [0.717, 1.165) is 13.1 Å². The van der Waals surface area contributed by atoms with Gasteiger partial charge in [0.15, 0.2) is 0 Å². The predicted octanol–water partition coefficient (Wildman–Crippen LogP) is 2.92. The van der Waals surface area contributed by atoms with E-state index in [0.29, 0.717) is 6.54 Å². The number of amides is 2. The predicted molar refractivity (Wildman–Crippen MR) is 68.9 cm³/mol. The Labute approximate surface area is 101 Å². The quantitative estimate of drug-likeness (QED) is 0.862. The van der Waals surface area contributed by atoms with E-state index in [4.69, 9.17) is 0 Å². The fourth-order valence-electron chi connectivity index (χ4n) is 1.52. The summed E-state index contributed by atoms with van der Waals surface area (Å²) in [6.07, 6.45) is 0. The minimum atomic E-state index is 0.0220. The Kier molecular flexibility index (Phi) is 4.80. The molecule has 0 aliphatic heterocycles. The number of carbonyl (C=O) groups excluding carboxylic acids is 1. The topological polar surface area (TPSA) is 32.3 Å². The molecule has 0 spiro atoms. The van der Waals surface area contributed by atoms with Gasteiger partial charge >= 0.3 is 6.03 Å². The van der Waals surface area contributed by atoms with Crippen LogP contribution in [0.3, 0.4) is 0 Å². The Morgan fingerprint density at radius 3 is 2.44 bits per heavy atom. The van der Waals surface area contributed by atoms with Gasteiger partial charge in [-0.25, -0.2) is 4.79 Å². The number of nitrogens with one attached hydrogen (secondary N) is 1. The van der Waals surface area contributed by atoms with Gasteiger partial charge in [-0.3, -0.25) is 0 Å². The Bertz CT molecular complexity index is 336. The molecule has 0 aromatic carbocycles. The van der Waals surface area contributed by atoms with E-state index in [1.807, 2.05) is 13.8 Å². The van der Waals surface area contributed by atoms with Crippen LogP contribution in [0.4, 0.5) is 4.79 Å². The van der Waals surface area contributed by atoms with Gasteiger partial charge in [0.05, 0.1) is 6.54 Å². The van der Waals surface area contributed by atoms with Crippen molar-refractivity contribution in [1.29, 1.82) is 0 Å². The number of urea groups is 1. The Balaban J connectivity index is 2.48. The lowest BCUT2D eigenvalue weighted by molar-refractivity contribution is 0.203. The lowest BCUT2D eigenvalue weighted by Gasteiger charge is -2.18. The van der Waals surface area contributed by atoms with Gasteiger partial charge in [0, 0.05) is 22.8 Å². The van der Waals surface area contributed by atoms with Gasteiger partial charge in [-0.15, -0.1) is 11.3 Å². The van der Waals surface area contributed by atoms with Gasteiger partial charge in [0.25, 0.3) is 0 Å². The van der Waals surface area contributed by atoms with E-state index in [-0.39, 0.29) is 6.03 Å². The van der Waals surface area contributed by atoms with Crippen LogP contribution in [0.2, 0.25) is 0 Å². The van der Waals surface area contributed by atoms with Crippen molar-refractivity contribution >= 4 is 17.4 Å². The lowest BCUT2D eigenvalue weighted by Crippen LogP contribution is -2.39. The Morgan fingerprint density at radius 2 is 2.00 bits per heavy atom. The molecule has 0 aliphatic carbocycles. The first-order valence-electron chi connectivity index (χ1n) is 5.67. The molecule has 0 bridgehead atoms. The molecule has 1 heterocycles. The fraction of sp³-hybridized carbons (Fsp3) is 0.583. The van der Waals surface area contributed by atoms with E-state index in [9.17, 15) is 4.79 Å². The zero-order chi connectivity index (χ0) is 12.1. The van der Waals surface area contributed by atoms with E-state index in [1.165, 1.54) is 15.3 Å². The second-order valence-corrected chi connectivity index (χ2v) is 5.12. The highest BCUT2D eigenvalue weighted by Crippen LogP contribution is 2.20. The smallest absolute Gasteiger partial charge is 0.317 e. The molecule has 0 radical (unpaired) electrons. The van der Waals surface area contributed by atoms with Crippen molar-refractivity contribution in [1.82, 2.24) is 10.2 Å². The van der Waals surface area contributed by atoms with Crippen LogP contribution < -0.4 is 5.32 Å². The van der Waals surface area contributed by atoms with Gasteiger partial charge in [-0.2, -0.15) is 0 Å². The van der Waals surface area contributed by atoms with E-state index < -0.39 is 0 Å². The second-order valence-electron chi connectivity index (χ2n) is 3.78. The fourth-order valence-corrected chi connectivity index (χ4v) is 2.52. The monoisotopic (exact) mass is 240 g/mol. The standard InChI is InChI=1S/C12H20N2OS/c1-5-14(6-2)12(15)13-8-11-7-9(3)10(4)16-11/h7H,5-6,8H2,1-4H3,(H,13,15). The first kappa shape index (κ1) is 13.0. The number of aryl methyl sites for hydroxylation is 2. The maximum Gasteiger partial charge on any atom is 0.317 e. The van der Waals surface area contributed by atoms with Crippen molar-refractivity contribution in [2.75, 3.05) is 13.1 Å². The van der Waals surface area contributed by atoms with Crippen LogP contribution >= 0.6 is 11.3 Å². The van der Waals surface area contributed by atoms with Crippen LogP contribution in [-0.4, -0.2) is 24.0 Å². The zero-order valence-electron chi connectivity index (χ0n) is 10.5. The van der Waals surface area contributed by atoms with Crippen molar-refractivity contribution < 1.29 is 4.79 Å². The van der Waals surface area contributed by atoms with Crippen LogP contribution in [-0.2, 0) is 6.54 Å². The van der Waals surface area contributed by atoms with Crippen molar-refractivity contribution in [2.24, 2.45) is 0 Å². The van der Waals surface area contributed by atoms with E-state index in [2.05, 4.69) is 25.2 Å². The van der Waals surface area contributed by atoms with Crippen molar-refractivity contribution in [3.63, 3.8) is 0 Å². The Morgan fingerprint density at radius 1 is 1.38 bits per heavy atom. The molecule has 90 valence electrons. The van der Waals surface area contributed by atoms with Crippen LogP contribution in [0.1, 0.15) is 29.2 Å². The molecule has 1 aromatic rings. The zero-order valence-corrected chi connectivity index (χ0v) is 11.3. The minimum absolute atomic E-state index is 0.0220. The molecule has 0 unspecified atom stereocenters. The average Bonchev–Trinajstić information content (AvgIpc) is 2.57.